The first kappa shape index (κ1) is 29.0. The van der Waals surface area contributed by atoms with Gasteiger partial charge in [0.05, 0.1) is 0 Å². The van der Waals surface area contributed by atoms with Gasteiger partial charge in [-0.15, -0.1) is 0 Å². The minimum absolute atomic E-state index is 0.565. The second-order valence-electron chi connectivity index (χ2n) is 12.6. The molecule has 0 amide bonds. The van der Waals surface area contributed by atoms with Crippen LogP contribution < -0.4 is 0 Å². The molecule has 10 aromatic rings. The minimum atomic E-state index is 0.565. The second-order valence-corrected chi connectivity index (χ2v) is 12.6. The van der Waals surface area contributed by atoms with E-state index in [1.807, 2.05) is 48.5 Å². The molecule has 0 aliphatic heterocycles. The van der Waals surface area contributed by atoms with Crippen molar-refractivity contribution < 1.29 is 4.42 Å². The molecule has 238 valence electrons. The van der Waals surface area contributed by atoms with E-state index in [-0.39, 0.29) is 0 Å². The van der Waals surface area contributed by atoms with Crippen molar-refractivity contribution >= 4 is 43.4 Å². The van der Waals surface area contributed by atoms with Crippen molar-refractivity contribution in [2.75, 3.05) is 0 Å². The molecule has 0 aliphatic carbocycles. The van der Waals surface area contributed by atoms with E-state index in [0.29, 0.717) is 28.9 Å². The summed E-state index contributed by atoms with van der Waals surface area (Å²) >= 11 is 0. The van der Waals surface area contributed by atoms with Crippen LogP contribution in [0.2, 0.25) is 0 Å². The smallest absolute Gasteiger partial charge is 0.227 e. The van der Waals surface area contributed by atoms with E-state index in [2.05, 4.69) is 121 Å². The van der Waals surface area contributed by atoms with Gasteiger partial charge in [0.15, 0.2) is 23.1 Å². The molecule has 0 saturated heterocycles. The van der Waals surface area contributed by atoms with Gasteiger partial charge in [-0.3, -0.25) is 0 Å². The lowest BCUT2D eigenvalue weighted by atomic mass is 9.96. The fourth-order valence-corrected chi connectivity index (χ4v) is 7.07. The molecule has 2 aromatic heterocycles. The summed E-state index contributed by atoms with van der Waals surface area (Å²) in [5.41, 5.74) is 7.40. The Bertz CT molecular complexity index is 2900. The highest BCUT2D eigenvalue weighted by Gasteiger charge is 2.20. The monoisotopic (exact) mass is 652 g/mol. The Morgan fingerprint density at radius 3 is 1.73 bits per heavy atom. The van der Waals surface area contributed by atoms with Gasteiger partial charge in [-0.25, -0.2) is 19.9 Å². The van der Waals surface area contributed by atoms with Crippen molar-refractivity contribution in [3.8, 4) is 56.7 Å². The molecule has 0 radical (unpaired) electrons. The van der Waals surface area contributed by atoms with Crippen LogP contribution >= 0.6 is 0 Å². The molecule has 8 aromatic carbocycles. The first-order valence-corrected chi connectivity index (χ1v) is 17.0. The van der Waals surface area contributed by atoms with Crippen LogP contribution in [0, 0.1) is 0 Å². The molecule has 5 nitrogen and oxygen atoms in total. The maximum Gasteiger partial charge on any atom is 0.227 e. The Balaban J connectivity index is 1.23. The molecule has 2 heterocycles. The molecule has 10 rings (SSSR count). The third-order valence-electron chi connectivity index (χ3n) is 9.55. The van der Waals surface area contributed by atoms with Crippen LogP contribution in [0.4, 0.5) is 0 Å². The minimum Gasteiger partial charge on any atom is -0.435 e. The van der Waals surface area contributed by atoms with Crippen molar-refractivity contribution in [2.45, 2.75) is 0 Å². The summed E-state index contributed by atoms with van der Waals surface area (Å²) < 4.78 is 6.54. The van der Waals surface area contributed by atoms with Gasteiger partial charge < -0.3 is 4.42 Å². The van der Waals surface area contributed by atoms with E-state index in [1.54, 1.807) is 0 Å². The van der Waals surface area contributed by atoms with Crippen LogP contribution in [0.5, 0.6) is 0 Å². The molecule has 0 atom stereocenters. The summed E-state index contributed by atoms with van der Waals surface area (Å²) in [6, 6.07) is 58.2. The molecule has 0 N–H and O–H groups in total. The van der Waals surface area contributed by atoms with Crippen LogP contribution in [-0.4, -0.2) is 19.9 Å². The predicted octanol–water partition coefficient (Wildman–Crippen LogP) is 11.8. The van der Waals surface area contributed by atoms with Gasteiger partial charge in [0.2, 0.25) is 5.89 Å². The predicted molar refractivity (Wildman–Crippen MR) is 207 cm³/mol. The van der Waals surface area contributed by atoms with E-state index in [0.717, 1.165) is 65.8 Å². The maximum atomic E-state index is 6.54. The number of nitrogens with zero attached hydrogens (tertiary/aromatic N) is 4. The Labute approximate surface area is 293 Å². The van der Waals surface area contributed by atoms with Crippen molar-refractivity contribution in [1.82, 2.24) is 19.9 Å². The summed E-state index contributed by atoms with van der Waals surface area (Å²) in [5.74, 6) is 2.34. The SMILES string of the molecule is c1ccc(-c2ccc(-c3nc(-c4cc5ccccc5c5ccccc45)nc(-c4cccc5ccc6nc(-c7ccccc7)oc6c45)n3)cc2)cc1. The van der Waals surface area contributed by atoms with Crippen LogP contribution in [0.25, 0.3) is 100 Å². The number of fused-ring (bicyclic) bond motifs is 6. The standard InChI is InChI=1S/C46H28N4O/c1-3-12-29(13-4-1)30-22-24-32(25-23-30)43-48-44(50-45(49-43)39-28-34-16-7-8-18-35(34)36-19-9-10-20-37(36)39)38-21-11-17-31-26-27-40-42(41(31)38)51-46(47-40)33-14-5-2-6-15-33/h1-28H. The quantitative estimate of drug-likeness (QED) is 0.173. The number of rotatable bonds is 5. The number of benzene rings is 8. The molecular weight excluding hydrogens is 625 g/mol. The van der Waals surface area contributed by atoms with Crippen LogP contribution in [0.15, 0.2) is 174 Å². The van der Waals surface area contributed by atoms with Crippen molar-refractivity contribution in [2.24, 2.45) is 0 Å². The number of hydrogen-bond donors (Lipinski definition) is 0. The summed E-state index contributed by atoms with van der Waals surface area (Å²) in [7, 11) is 0. The molecule has 0 fully saturated rings. The largest absolute Gasteiger partial charge is 0.435 e. The van der Waals surface area contributed by atoms with Crippen molar-refractivity contribution in [1.29, 1.82) is 0 Å². The van der Waals surface area contributed by atoms with Crippen LogP contribution in [0.3, 0.4) is 0 Å². The topological polar surface area (TPSA) is 64.7 Å². The number of hydrogen-bond acceptors (Lipinski definition) is 5. The average molecular weight is 653 g/mol. The summed E-state index contributed by atoms with van der Waals surface area (Å²) in [6.45, 7) is 0. The fraction of sp³-hybridized carbons (Fsp3) is 0. The van der Waals surface area contributed by atoms with E-state index >= 15 is 0 Å². The zero-order valence-electron chi connectivity index (χ0n) is 27.4. The number of aromatic nitrogens is 4. The molecule has 0 spiro atoms. The van der Waals surface area contributed by atoms with Crippen molar-refractivity contribution in [3.05, 3.63) is 170 Å². The second kappa shape index (κ2) is 11.9. The Morgan fingerprint density at radius 2 is 0.941 bits per heavy atom. The normalized spacial score (nSPS) is 11.5. The van der Waals surface area contributed by atoms with Crippen LogP contribution in [0.1, 0.15) is 0 Å². The lowest BCUT2D eigenvalue weighted by Crippen LogP contribution is -2.01. The molecule has 0 bridgehead atoms. The third kappa shape index (κ3) is 5.03. The fourth-order valence-electron chi connectivity index (χ4n) is 7.07. The Hall–Kier alpha value is -6.98. The molecule has 0 aliphatic rings. The summed E-state index contributed by atoms with van der Waals surface area (Å²) in [5, 5.41) is 6.49. The first-order chi connectivity index (χ1) is 25.3. The van der Waals surface area contributed by atoms with E-state index in [1.165, 1.54) is 5.39 Å². The lowest BCUT2D eigenvalue weighted by molar-refractivity contribution is 0.623. The maximum absolute atomic E-state index is 6.54. The van der Waals surface area contributed by atoms with Gasteiger partial charge in [0.25, 0.3) is 0 Å². The number of oxazole rings is 1. The lowest BCUT2D eigenvalue weighted by Gasteiger charge is -2.13. The first-order valence-electron chi connectivity index (χ1n) is 17.0. The molecule has 5 heteroatoms. The molecule has 0 saturated carbocycles. The highest BCUT2D eigenvalue weighted by molar-refractivity contribution is 6.14. The third-order valence-corrected chi connectivity index (χ3v) is 9.55. The van der Waals surface area contributed by atoms with Gasteiger partial charge in [-0.05, 0) is 62.3 Å². The molecule has 0 unspecified atom stereocenters. The van der Waals surface area contributed by atoms with Crippen molar-refractivity contribution in [3.63, 3.8) is 0 Å². The van der Waals surface area contributed by atoms with Gasteiger partial charge >= 0.3 is 0 Å². The summed E-state index contributed by atoms with van der Waals surface area (Å²) in [6.07, 6.45) is 0. The van der Waals surface area contributed by atoms with Gasteiger partial charge in [-0.1, -0.05) is 146 Å². The molecule has 51 heavy (non-hydrogen) atoms. The van der Waals surface area contributed by atoms with E-state index in [4.69, 9.17) is 24.4 Å². The van der Waals surface area contributed by atoms with Crippen LogP contribution in [-0.2, 0) is 0 Å². The van der Waals surface area contributed by atoms with Gasteiger partial charge in [-0.2, -0.15) is 0 Å². The highest BCUT2D eigenvalue weighted by atomic mass is 16.3. The van der Waals surface area contributed by atoms with Gasteiger partial charge in [0.1, 0.15) is 5.52 Å². The molecular formula is C46H28N4O. The highest BCUT2D eigenvalue weighted by Crippen LogP contribution is 2.38. The average Bonchev–Trinajstić information content (AvgIpc) is 3.66. The van der Waals surface area contributed by atoms with E-state index < -0.39 is 0 Å². The zero-order valence-corrected chi connectivity index (χ0v) is 27.4. The van der Waals surface area contributed by atoms with Gasteiger partial charge in [0, 0.05) is 27.6 Å². The Morgan fingerprint density at radius 1 is 0.353 bits per heavy atom. The Kier molecular flexibility index (Phi) is 6.74. The van der Waals surface area contributed by atoms with E-state index in [9.17, 15) is 0 Å². The zero-order chi connectivity index (χ0) is 33.7. The summed E-state index contributed by atoms with van der Waals surface area (Å²) in [4.78, 5) is 20.5.